The Labute approximate surface area is 214 Å². The van der Waals surface area contributed by atoms with E-state index in [2.05, 4.69) is 18.3 Å². The Kier molecular flexibility index (Phi) is 8.74. The highest BCUT2D eigenvalue weighted by atomic mass is 35.5. The fourth-order valence-electron chi connectivity index (χ4n) is 3.98. The average molecular weight is 491 g/mol. The largest absolute Gasteiger partial charge is 0.350 e. The van der Waals surface area contributed by atoms with Crippen molar-refractivity contribution in [1.82, 2.24) is 10.2 Å². The second kappa shape index (κ2) is 11.5. The Morgan fingerprint density at radius 2 is 1.49 bits per heavy atom. The number of nitrogens with zero attached hydrogens (tertiary/aromatic N) is 1. The number of hydrogen-bond donors (Lipinski definition) is 1. The van der Waals surface area contributed by atoms with E-state index in [1.54, 1.807) is 4.90 Å². The van der Waals surface area contributed by atoms with Crippen molar-refractivity contribution in [1.29, 1.82) is 0 Å². The van der Waals surface area contributed by atoms with Crippen molar-refractivity contribution in [2.75, 3.05) is 0 Å². The van der Waals surface area contributed by atoms with Crippen LogP contribution in [0.3, 0.4) is 0 Å². The molecule has 3 aromatic carbocycles. The molecule has 0 aliphatic heterocycles. The third kappa shape index (κ3) is 7.97. The fraction of sp³-hybridized carbons (Fsp3) is 0.333. The maximum atomic E-state index is 13.8. The molecule has 5 heteroatoms. The van der Waals surface area contributed by atoms with E-state index in [1.165, 1.54) is 5.56 Å². The van der Waals surface area contributed by atoms with Crippen LogP contribution >= 0.6 is 11.6 Å². The molecular formula is C30H35ClN2O2. The maximum absolute atomic E-state index is 13.8. The molecule has 3 aromatic rings. The highest BCUT2D eigenvalue weighted by Crippen LogP contribution is 2.19. The number of carbonyl (C=O) groups excluding carboxylic acids is 2. The summed E-state index contributed by atoms with van der Waals surface area (Å²) in [6.45, 7) is 10.3. The van der Waals surface area contributed by atoms with Crippen molar-refractivity contribution in [3.05, 3.63) is 106 Å². The minimum atomic E-state index is -0.661. The Bertz CT molecular complexity index is 1150. The van der Waals surface area contributed by atoms with Crippen LogP contribution in [0.25, 0.3) is 0 Å². The minimum absolute atomic E-state index is 0.0896. The molecule has 0 bridgehead atoms. The summed E-state index contributed by atoms with van der Waals surface area (Å²) in [5, 5.41) is 3.73. The zero-order valence-corrected chi connectivity index (χ0v) is 22.0. The van der Waals surface area contributed by atoms with Crippen LogP contribution in [0.2, 0.25) is 5.02 Å². The first-order valence-electron chi connectivity index (χ1n) is 12.0. The van der Waals surface area contributed by atoms with Gasteiger partial charge >= 0.3 is 0 Å². The van der Waals surface area contributed by atoms with Gasteiger partial charge in [-0.3, -0.25) is 9.59 Å². The molecule has 35 heavy (non-hydrogen) atoms. The molecule has 0 unspecified atom stereocenters. The zero-order valence-electron chi connectivity index (χ0n) is 21.3. The normalized spacial score (nSPS) is 12.2. The maximum Gasteiger partial charge on any atom is 0.243 e. The van der Waals surface area contributed by atoms with E-state index in [-0.39, 0.29) is 18.2 Å². The summed E-state index contributed by atoms with van der Waals surface area (Å²) < 4.78 is 0. The molecule has 0 spiro atoms. The molecule has 3 rings (SSSR count). The Balaban J connectivity index is 1.99. The molecule has 4 nitrogen and oxygen atoms in total. The number of nitrogens with one attached hydrogen (secondary N) is 1. The lowest BCUT2D eigenvalue weighted by atomic mass is 9.99. The molecule has 0 heterocycles. The van der Waals surface area contributed by atoms with E-state index in [4.69, 9.17) is 11.6 Å². The van der Waals surface area contributed by atoms with Gasteiger partial charge in [0, 0.05) is 23.5 Å². The first-order valence-corrected chi connectivity index (χ1v) is 12.4. The Morgan fingerprint density at radius 3 is 2.09 bits per heavy atom. The smallest absolute Gasteiger partial charge is 0.243 e. The topological polar surface area (TPSA) is 49.4 Å². The van der Waals surface area contributed by atoms with Crippen LogP contribution in [-0.2, 0) is 29.0 Å². The number of benzene rings is 3. The van der Waals surface area contributed by atoms with Crippen LogP contribution in [0.15, 0.2) is 72.8 Å². The van der Waals surface area contributed by atoms with Crippen LogP contribution in [-0.4, -0.2) is 28.3 Å². The van der Waals surface area contributed by atoms with E-state index in [9.17, 15) is 9.59 Å². The van der Waals surface area contributed by atoms with Crippen molar-refractivity contribution in [2.45, 2.75) is 65.6 Å². The van der Waals surface area contributed by atoms with Crippen LogP contribution < -0.4 is 5.32 Å². The van der Waals surface area contributed by atoms with Crippen molar-refractivity contribution in [2.24, 2.45) is 0 Å². The standard InChI is InChI=1S/C30H35ClN2O2/c1-21-11-12-25(17-22(21)2)19-28(34)33(20-24-13-15-26(31)16-14-24)27(29(35)32-30(3,4)5)18-23-9-7-6-8-10-23/h6-17,27H,18-20H2,1-5H3,(H,32,35)/t27-/m0/s1. The third-order valence-electron chi connectivity index (χ3n) is 5.96. The first kappa shape index (κ1) is 26.5. The summed E-state index contributed by atoms with van der Waals surface area (Å²) in [7, 11) is 0. The first-order chi connectivity index (χ1) is 16.5. The average Bonchev–Trinajstić information content (AvgIpc) is 2.79. The lowest BCUT2D eigenvalue weighted by Gasteiger charge is -2.34. The zero-order chi connectivity index (χ0) is 25.6. The molecule has 0 aromatic heterocycles. The highest BCUT2D eigenvalue weighted by molar-refractivity contribution is 6.30. The van der Waals surface area contributed by atoms with Gasteiger partial charge in [-0.1, -0.05) is 72.3 Å². The molecule has 0 aliphatic carbocycles. The number of carbonyl (C=O) groups is 2. The SMILES string of the molecule is Cc1ccc(CC(=O)N(Cc2ccc(Cl)cc2)[C@@H](Cc2ccccc2)C(=O)NC(C)(C)C)cc1C. The second-order valence-corrected chi connectivity index (χ2v) is 10.6. The van der Waals surface area contributed by atoms with E-state index in [0.29, 0.717) is 18.0 Å². The van der Waals surface area contributed by atoms with Crippen molar-refractivity contribution in [3.8, 4) is 0 Å². The summed E-state index contributed by atoms with van der Waals surface area (Å²) in [4.78, 5) is 29.1. The van der Waals surface area contributed by atoms with Crippen LogP contribution in [0, 0.1) is 13.8 Å². The van der Waals surface area contributed by atoms with Gasteiger partial charge in [0.25, 0.3) is 0 Å². The van der Waals surface area contributed by atoms with Gasteiger partial charge in [0.15, 0.2) is 0 Å². The number of halogens is 1. The van der Waals surface area contributed by atoms with Gasteiger partial charge in [0.2, 0.25) is 11.8 Å². The van der Waals surface area contributed by atoms with Gasteiger partial charge in [0.1, 0.15) is 6.04 Å². The Morgan fingerprint density at radius 1 is 0.857 bits per heavy atom. The summed E-state index contributed by atoms with van der Waals surface area (Å²) >= 11 is 6.09. The van der Waals surface area contributed by atoms with Gasteiger partial charge in [-0.2, -0.15) is 0 Å². The molecule has 1 N–H and O–H groups in total. The predicted octanol–water partition coefficient (Wildman–Crippen LogP) is 6.05. The van der Waals surface area contributed by atoms with E-state index in [0.717, 1.165) is 22.3 Å². The second-order valence-electron chi connectivity index (χ2n) is 10.2. The predicted molar refractivity (Wildman–Crippen MR) is 143 cm³/mol. The van der Waals surface area contributed by atoms with Crippen molar-refractivity contribution >= 4 is 23.4 Å². The molecular weight excluding hydrogens is 456 g/mol. The Hall–Kier alpha value is -3.11. The van der Waals surface area contributed by atoms with Gasteiger partial charge in [0.05, 0.1) is 6.42 Å². The van der Waals surface area contributed by atoms with Gasteiger partial charge in [-0.05, 0) is 74.6 Å². The van der Waals surface area contributed by atoms with E-state index < -0.39 is 11.6 Å². The molecule has 0 aliphatic rings. The molecule has 0 radical (unpaired) electrons. The van der Waals surface area contributed by atoms with Gasteiger partial charge < -0.3 is 10.2 Å². The summed E-state index contributed by atoms with van der Waals surface area (Å²) in [6, 6.07) is 22.7. The minimum Gasteiger partial charge on any atom is -0.350 e. The van der Waals surface area contributed by atoms with E-state index >= 15 is 0 Å². The van der Waals surface area contributed by atoms with Crippen LogP contribution in [0.1, 0.15) is 48.6 Å². The van der Waals surface area contributed by atoms with Crippen molar-refractivity contribution in [3.63, 3.8) is 0 Å². The number of hydrogen-bond acceptors (Lipinski definition) is 2. The monoisotopic (exact) mass is 490 g/mol. The molecule has 0 fully saturated rings. The molecule has 1 atom stereocenters. The van der Waals surface area contributed by atoms with Gasteiger partial charge in [-0.15, -0.1) is 0 Å². The molecule has 0 saturated heterocycles. The van der Waals surface area contributed by atoms with Crippen LogP contribution in [0.4, 0.5) is 0 Å². The lowest BCUT2D eigenvalue weighted by molar-refractivity contribution is -0.141. The number of rotatable bonds is 8. The lowest BCUT2D eigenvalue weighted by Crippen LogP contribution is -2.54. The molecule has 184 valence electrons. The fourth-order valence-corrected chi connectivity index (χ4v) is 4.11. The summed E-state index contributed by atoms with van der Waals surface area (Å²) in [5.74, 6) is -0.253. The number of aryl methyl sites for hydroxylation is 2. The number of amides is 2. The van der Waals surface area contributed by atoms with E-state index in [1.807, 2.05) is 94.4 Å². The third-order valence-corrected chi connectivity index (χ3v) is 6.21. The quantitative estimate of drug-likeness (QED) is 0.417. The van der Waals surface area contributed by atoms with Gasteiger partial charge in [-0.25, -0.2) is 0 Å². The van der Waals surface area contributed by atoms with Crippen molar-refractivity contribution < 1.29 is 9.59 Å². The highest BCUT2D eigenvalue weighted by Gasteiger charge is 2.32. The molecule has 0 saturated carbocycles. The summed E-state index contributed by atoms with van der Waals surface area (Å²) in [5.41, 5.74) is 4.77. The summed E-state index contributed by atoms with van der Waals surface area (Å²) in [6.07, 6.45) is 0.651. The van der Waals surface area contributed by atoms with Crippen LogP contribution in [0.5, 0.6) is 0 Å². The molecule has 2 amide bonds.